The highest BCUT2D eigenvalue weighted by molar-refractivity contribution is 7.10. The number of aryl methyl sites for hydroxylation is 1. The van der Waals surface area contributed by atoms with E-state index < -0.39 is 6.61 Å². The van der Waals surface area contributed by atoms with Gasteiger partial charge in [-0.15, -0.1) is 11.3 Å². The Kier molecular flexibility index (Phi) is 4.47. The van der Waals surface area contributed by atoms with Crippen molar-refractivity contribution in [1.29, 1.82) is 0 Å². The number of thiophene rings is 1. The van der Waals surface area contributed by atoms with E-state index in [-0.39, 0.29) is 11.8 Å². The molecule has 6 heteroatoms. The van der Waals surface area contributed by atoms with Gasteiger partial charge >= 0.3 is 6.61 Å². The largest absolute Gasteiger partial charge is 0.435 e. The number of ether oxygens (including phenoxy) is 1. The van der Waals surface area contributed by atoms with E-state index in [1.807, 2.05) is 24.4 Å². The molecule has 1 unspecified atom stereocenters. The first-order chi connectivity index (χ1) is 9.11. The highest BCUT2D eigenvalue weighted by atomic mass is 32.1. The van der Waals surface area contributed by atoms with Gasteiger partial charge in [-0.1, -0.05) is 12.1 Å². The van der Waals surface area contributed by atoms with Crippen LogP contribution in [0.1, 0.15) is 22.0 Å². The second-order valence-corrected chi connectivity index (χ2v) is 5.10. The molecular weight excluding hydrogens is 270 g/mol. The topological polar surface area (TPSA) is 47.3 Å². The number of hydrazine groups is 1. The first kappa shape index (κ1) is 13.9. The summed E-state index contributed by atoms with van der Waals surface area (Å²) in [5.74, 6) is 5.71. The van der Waals surface area contributed by atoms with Gasteiger partial charge in [0.25, 0.3) is 0 Å². The number of halogens is 2. The number of hydrogen-bond donors (Lipinski definition) is 2. The summed E-state index contributed by atoms with van der Waals surface area (Å²) in [6, 6.07) is 8.26. The fourth-order valence-electron chi connectivity index (χ4n) is 1.93. The van der Waals surface area contributed by atoms with Crippen LogP contribution in [-0.4, -0.2) is 6.61 Å². The Morgan fingerprint density at radius 3 is 2.68 bits per heavy atom. The fourth-order valence-corrected chi connectivity index (χ4v) is 2.67. The number of rotatable bonds is 5. The monoisotopic (exact) mass is 284 g/mol. The molecule has 0 fully saturated rings. The van der Waals surface area contributed by atoms with Crippen LogP contribution in [-0.2, 0) is 0 Å². The Labute approximate surface area is 114 Å². The first-order valence-electron chi connectivity index (χ1n) is 5.66. The van der Waals surface area contributed by atoms with Gasteiger partial charge in [0.05, 0.1) is 6.04 Å². The molecule has 19 heavy (non-hydrogen) atoms. The average Bonchev–Trinajstić information content (AvgIpc) is 2.77. The van der Waals surface area contributed by atoms with Crippen LogP contribution >= 0.6 is 11.3 Å². The standard InChI is InChI=1S/C13H14F2N2OS/c1-8-11(5-6-19-8)12(17-16)9-3-2-4-10(7-9)18-13(14)15/h2-7,12-13,17H,16H2,1H3. The summed E-state index contributed by atoms with van der Waals surface area (Å²) in [5, 5.41) is 1.97. The molecule has 0 aliphatic rings. The molecule has 2 rings (SSSR count). The Morgan fingerprint density at radius 2 is 2.11 bits per heavy atom. The predicted octanol–water partition coefficient (Wildman–Crippen LogP) is 3.21. The van der Waals surface area contributed by atoms with Crippen LogP contribution in [0.2, 0.25) is 0 Å². The molecule has 1 aromatic carbocycles. The third-order valence-electron chi connectivity index (χ3n) is 2.79. The van der Waals surface area contributed by atoms with Crippen molar-refractivity contribution in [3.05, 3.63) is 51.7 Å². The molecule has 3 N–H and O–H groups in total. The second-order valence-electron chi connectivity index (χ2n) is 3.98. The zero-order valence-corrected chi connectivity index (χ0v) is 11.1. The highest BCUT2D eigenvalue weighted by Gasteiger charge is 2.16. The van der Waals surface area contributed by atoms with Crippen LogP contribution in [0.3, 0.4) is 0 Å². The third kappa shape index (κ3) is 3.28. The minimum atomic E-state index is -2.83. The van der Waals surface area contributed by atoms with Gasteiger partial charge < -0.3 is 4.74 Å². The molecule has 0 saturated heterocycles. The minimum absolute atomic E-state index is 0.126. The van der Waals surface area contributed by atoms with E-state index in [1.54, 1.807) is 23.5 Å². The van der Waals surface area contributed by atoms with Crippen molar-refractivity contribution in [2.45, 2.75) is 19.6 Å². The lowest BCUT2D eigenvalue weighted by Crippen LogP contribution is -2.29. The van der Waals surface area contributed by atoms with E-state index >= 15 is 0 Å². The lowest BCUT2D eigenvalue weighted by molar-refractivity contribution is -0.0498. The number of alkyl halides is 2. The third-order valence-corrected chi connectivity index (χ3v) is 3.65. The maximum atomic E-state index is 12.2. The fraction of sp³-hybridized carbons (Fsp3) is 0.231. The lowest BCUT2D eigenvalue weighted by atomic mass is 10.00. The molecule has 2 aromatic rings. The molecule has 0 radical (unpaired) electrons. The summed E-state index contributed by atoms with van der Waals surface area (Å²) < 4.78 is 28.8. The van der Waals surface area contributed by atoms with Crippen molar-refractivity contribution in [2.75, 3.05) is 0 Å². The zero-order chi connectivity index (χ0) is 13.8. The summed E-state index contributed by atoms with van der Waals surface area (Å²) >= 11 is 1.61. The molecule has 1 aromatic heterocycles. The van der Waals surface area contributed by atoms with Gasteiger partial charge in [0.2, 0.25) is 0 Å². The Bertz CT molecular complexity index is 545. The summed E-state index contributed by atoms with van der Waals surface area (Å²) in [6.07, 6.45) is 0. The summed E-state index contributed by atoms with van der Waals surface area (Å²) in [6.45, 7) is -0.841. The van der Waals surface area contributed by atoms with E-state index in [0.717, 1.165) is 16.0 Å². The second kappa shape index (κ2) is 6.10. The molecule has 0 bridgehead atoms. The number of benzene rings is 1. The maximum Gasteiger partial charge on any atom is 0.387 e. The lowest BCUT2D eigenvalue weighted by Gasteiger charge is -2.17. The molecule has 1 atom stereocenters. The van der Waals surface area contributed by atoms with Crippen LogP contribution < -0.4 is 16.0 Å². The Hall–Kier alpha value is -1.50. The van der Waals surface area contributed by atoms with E-state index in [9.17, 15) is 8.78 Å². The zero-order valence-electron chi connectivity index (χ0n) is 10.3. The van der Waals surface area contributed by atoms with Gasteiger partial charge in [0, 0.05) is 4.88 Å². The molecule has 0 saturated carbocycles. The van der Waals surface area contributed by atoms with Gasteiger partial charge in [-0.3, -0.25) is 5.84 Å². The first-order valence-corrected chi connectivity index (χ1v) is 6.54. The summed E-state index contributed by atoms with van der Waals surface area (Å²) in [5.41, 5.74) is 4.51. The van der Waals surface area contributed by atoms with E-state index in [2.05, 4.69) is 10.2 Å². The SMILES string of the molecule is Cc1sccc1C(NN)c1cccc(OC(F)F)c1. The molecule has 0 aliphatic heterocycles. The molecule has 0 aliphatic carbocycles. The van der Waals surface area contributed by atoms with Gasteiger partial charge in [0.1, 0.15) is 5.75 Å². The van der Waals surface area contributed by atoms with Crippen LogP contribution in [0.25, 0.3) is 0 Å². The van der Waals surface area contributed by atoms with Crippen molar-refractivity contribution in [2.24, 2.45) is 5.84 Å². The minimum Gasteiger partial charge on any atom is -0.435 e. The normalized spacial score (nSPS) is 12.7. The van der Waals surface area contributed by atoms with Crippen molar-refractivity contribution >= 4 is 11.3 Å². The van der Waals surface area contributed by atoms with Crippen LogP contribution in [0.15, 0.2) is 35.7 Å². The van der Waals surface area contributed by atoms with Gasteiger partial charge in [-0.2, -0.15) is 8.78 Å². The maximum absolute atomic E-state index is 12.2. The Balaban J connectivity index is 2.31. The number of hydrogen-bond acceptors (Lipinski definition) is 4. The molecule has 0 amide bonds. The van der Waals surface area contributed by atoms with Crippen molar-refractivity contribution in [3.8, 4) is 5.75 Å². The number of nitrogens with two attached hydrogens (primary N) is 1. The average molecular weight is 284 g/mol. The van der Waals surface area contributed by atoms with Crippen LogP contribution in [0.5, 0.6) is 5.75 Å². The molecule has 3 nitrogen and oxygen atoms in total. The van der Waals surface area contributed by atoms with E-state index in [0.29, 0.717) is 0 Å². The molecular formula is C13H14F2N2OS. The smallest absolute Gasteiger partial charge is 0.387 e. The van der Waals surface area contributed by atoms with Crippen molar-refractivity contribution in [3.63, 3.8) is 0 Å². The molecule has 0 spiro atoms. The molecule has 1 heterocycles. The predicted molar refractivity (Wildman–Crippen MR) is 71.3 cm³/mol. The van der Waals surface area contributed by atoms with Crippen LogP contribution in [0, 0.1) is 6.92 Å². The van der Waals surface area contributed by atoms with Crippen molar-refractivity contribution in [1.82, 2.24) is 5.43 Å². The summed E-state index contributed by atoms with van der Waals surface area (Å²) in [4.78, 5) is 1.13. The number of nitrogens with one attached hydrogen (secondary N) is 1. The van der Waals surface area contributed by atoms with Crippen molar-refractivity contribution < 1.29 is 13.5 Å². The van der Waals surface area contributed by atoms with Gasteiger partial charge in [-0.05, 0) is 41.6 Å². The molecule has 102 valence electrons. The van der Waals surface area contributed by atoms with E-state index in [4.69, 9.17) is 5.84 Å². The Morgan fingerprint density at radius 1 is 1.32 bits per heavy atom. The summed E-state index contributed by atoms with van der Waals surface area (Å²) in [7, 11) is 0. The van der Waals surface area contributed by atoms with E-state index in [1.165, 1.54) is 6.07 Å². The van der Waals surface area contributed by atoms with Crippen LogP contribution in [0.4, 0.5) is 8.78 Å². The van der Waals surface area contributed by atoms with Gasteiger partial charge in [0.15, 0.2) is 0 Å². The van der Waals surface area contributed by atoms with Gasteiger partial charge in [-0.25, -0.2) is 5.43 Å². The highest BCUT2D eigenvalue weighted by Crippen LogP contribution is 2.29. The quantitative estimate of drug-likeness (QED) is 0.654.